The monoisotopic (exact) mass is 808 g/mol. The van der Waals surface area contributed by atoms with Crippen LogP contribution in [0.15, 0.2) is 0 Å². The van der Waals surface area contributed by atoms with Crippen molar-refractivity contribution in [2.24, 2.45) is 0 Å². The Morgan fingerprint density at radius 2 is 0.719 bits per heavy atom. The molecule has 0 fully saturated rings. The molecule has 2 atom stereocenters. The summed E-state index contributed by atoms with van der Waals surface area (Å²) >= 11 is 0. The van der Waals surface area contributed by atoms with Crippen molar-refractivity contribution in [3.8, 4) is 0 Å². The predicted molar refractivity (Wildman–Crippen MR) is 246 cm³/mol. The Kier molecular flexibility index (Phi) is 46.6. The number of esters is 1. The van der Waals surface area contributed by atoms with E-state index >= 15 is 0 Å². The zero-order valence-corrected chi connectivity index (χ0v) is 38.6. The van der Waals surface area contributed by atoms with Crippen LogP contribution in [0.4, 0.5) is 0 Å². The van der Waals surface area contributed by atoms with Gasteiger partial charge in [0.15, 0.2) is 0 Å². The van der Waals surface area contributed by atoms with Crippen LogP contribution < -0.4 is 5.32 Å². The second-order valence-electron chi connectivity index (χ2n) is 17.9. The fourth-order valence-electron chi connectivity index (χ4n) is 8.17. The number of carbonyl (C=O) groups is 2. The topological polar surface area (TPSA) is 95.9 Å². The Labute approximate surface area is 356 Å². The van der Waals surface area contributed by atoms with Gasteiger partial charge in [0.25, 0.3) is 0 Å². The summed E-state index contributed by atoms with van der Waals surface area (Å²) in [5.41, 5.74) is 0. The lowest BCUT2D eigenvalue weighted by Crippen LogP contribution is -2.45. The number of rotatable bonds is 48. The molecule has 0 bridgehead atoms. The van der Waals surface area contributed by atoms with Crippen LogP contribution in [-0.2, 0) is 14.3 Å². The van der Waals surface area contributed by atoms with Crippen molar-refractivity contribution >= 4 is 11.9 Å². The first-order valence-corrected chi connectivity index (χ1v) is 25.8. The van der Waals surface area contributed by atoms with Crippen molar-refractivity contribution in [3.63, 3.8) is 0 Å². The molecule has 6 heteroatoms. The molecule has 0 heterocycles. The van der Waals surface area contributed by atoms with Gasteiger partial charge in [-0.25, -0.2) is 0 Å². The molecule has 0 rings (SSSR count). The Morgan fingerprint density at radius 1 is 0.421 bits per heavy atom. The molecular weight excluding hydrogens is 707 g/mol. The molecule has 0 aliphatic carbocycles. The summed E-state index contributed by atoms with van der Waals surface area (Å²) in [7, 11) is 0. The summed E-state index contributed by atoms with van der Waals surface area (Å²) in [6, 6.07) is -0.544. The minimum atomic E-state index is -0.666. The Balaban J connectivity index is 3.41. The third-order valence-corrected chi connectivity index (χ3v) is 12.2. The zero-order chi connectivity index (χ0) is 41.5. The molecule has 57 heavy (non-hydrogen) atoms. The molecular formula is C51H101NO5. The van der Waals surface area contributed by atoms with Crippen LogP contribution in [0.1, 0.15) is 290 Å². The maximum absolute atomic E-state index is 12.4. The fraction of sp³-hybridized carbons (Fsp3) is 0.961. The summed E-state index contributed by atoms with van der Waals surface area (Å²) in [5, 5.41) is 23.2. The van der Waals surface area contributed by atoms with Gasteiger partial charge in [-0.2, -0.15) is 0 Å². The van der Waals surface area contributed by atoms with Crippen molar-refractivity contribution < 1.29 is 24.5 Å². The molecule has 0 saturated carbocycles. The van der Waals surface area contributed by atoms with Crippen LogP contribution in [0.25, 0.3) is 0 Å². The SMILES string of the molecule is CCCCCCCCCCCCCCCC(O)C(CO)NC(=O)CCCCCCCCCCCCCCCCCCOC(=O)CCCCCCCCCCCCC. The maximum Gasteiger partial charge on any atom is 0.305 e. The van der Waals surface area contributed by atoms with Crippen LogP contribution in [0.2, 0.25) is 0 Å². The molecule has 2 unspecified atom stereocenters. The van der Waals surface area contributed by atoms with Gasteiger partial charge in [0.05, 0.1) is 25.4 Å². The summed E-state index contributed by atoms with van der Waals surface area (Å²) in [5.74, 6) is -0.0373. The molecule has 0 aliphatic rings. The molecule has 0 aromatic carbocycles. The molecule has 340 valence electrons. The lowest BCUT2D eigenvalue weighted by atomic mass is 10.0. The van der Waals surface area contributed by atoms with E-state index in [0.717, 1.165) is 44.9 Å². The van der Waals surface area contributed by atoms with E-state index < -0.39 is 12.1 Å². The lowest BCUT2D eigenvalue weighted by Gasteiger charge is -2.22. The van der Waals surface area contributed by atoms with Gasteiger partial charge in [-0.3, -0.25) is 9.59 Å². The van der Waals surface area contributed by atoms with Crippen molar-refractivity contribution in [1.82, 2.24) is 5.32 Å². The van der Waals surface area contributed by atoms with Gasteiger partial charge in [-0.15, -0.1) is 0 Å². The standard InChI is InChI=1S/C51H101NO5/c1-3-5-7-9-11-13-15-20-24-27-31-35-39-43-49(54)48(47-53)52-50(55)44-40-36-32-28-25-21-18-16-17-19-22-26-30-34-38-42-46-57-51(56)45-41-37-33-29-23-14-12-10-8-6-4-2/h48-49,53-54H,3-47H2,1-2H3,(H,52,55). The number of hydrogen-bond donors (Lipinski definition) is 3. The first-order valence-electron chi connectivity index (χ1n) is 25.8. The second kappa shape index (κ2) is 47.5. The van der Waals surface area contributed by atoms with E-state index in [4.69, 9.17) is 4.74 Å². The number of aliphatic hydroxyl groups excluding tert-OH is 2. The minimum absolute atomic E-state index is 0.00329. The number of aliphatic hydroxyl groups is 2. The maximum atomic E-state index is 12.4. The molecule has 0 radical (unpaired) electrons. The second-order valence-corrected chi connectivity index (χ2v) is 17.9. The fourth-order valence-corrected chi connectivity index (χ4v) is 8.17. The molecule has 3 N–H and O–H groups in total. The van der Waals surface area contributed by atoms with Gasteiger partial charge in [0.1, 0.15) is 0 Å². The first-order chi connectivity index (χ1) is 28.0. The van der Waals surface area contributed by atoms with Gasteiger partial charge in [-0.1, -0.05) is 251 Å². The van der Waals surface area contributed by atoms with E-state index in [2.05, 4.69) is 19.2 Å². The van der Waals surface area contributed by atoms with E-state index in [0.29, 0.717) is 25.9 Å². The van der Waals surface area contributed by atoms with E-state index in [1.165, 1.54) is 212 Å². The van der Waals surface area contributed by atoms with Gasteiger partial charge in [0, 0.05) is 12.8 Å². The van der Waals surface area contributed by atoms with Crippen molar-refractivity contribution in [1.29, 1.82) is 0 Å². The zero-order valence-electron chi connectivity index (χ0n) is 38.6. The highest BCUT2D eigenvalue weighted by atomic mass is 16.5. The number of nitrogens with one attached hydrogen (secondary N) is 1. The largest absolute Gasteiger partial charge is 0.466 e. The van der Waals surface area contributed by atoms with Crippen LogP contribution in [0.3, 0.4) is 0 Å². The molecule has 0 saturated heterocycles. The highest BCUT2D eigenvalue weighted by molar-refractivity contribution is 5.76. The molecule has 6 nitrogen and oxygen atoms in total. The molecule has 1 amide bonds. The first kappa shape index (κ1) is 55.9. The third-order valence-electron chi connectivity index (χ3n) is 12.2. The normalized spacial score (nSPS) is 12.6. The van der Waals surface area contributed by atoms with E-state index in [-0.39, 0.29) is 18.5 Å². The van der Waals surface area contributed by atoms with Gasteiger partial charge >= 0.3 is 5.97 Å². The molecule has 0 aromatic rings. The van der Waals surface area contributed by atoms with Gasteiger partial charge in [-0.05, 0) is 25.7 Å². The number of hydrogen-bond acceptors (Lipinski definition) is 5. The van der Waals surface area contributed by atoms with Crippen LogP contribution in [0, 0.1) is 0 Å². The average Bonchev–Trinajstić information content (AvgIpc) is 3.21. The summed E-state index contributed by atoms with van der Waals surface area (Å²) in [6.45, 7) is 4.94. The quantitative estimate of drug-likeness (QED) is 0.0420. The molecule has 0 aromatic heterocycles. The van der Waals surface area contributed by atoms with Crippen LogP contribution >= 0.6 is 0 Å². The van der Waals surface area contributed by atoms with Gasteiger partial charge < -0.3 is 20.3 Å². The lowest BCUT2D eigenvalue weighted by molar-refractivity contribution is -0.143. The molecule has 0 aliphatic heterocycles. The number of unbranched alkanes of at least 4 members (excludes halogenated alkanes) is 37. The van der Waals surface area contributed by atoms with E-state index in [1.807, 2.05) is 0 Å². The Morgan fingerprint density at radius 3 is 1.07 bits per heavy atom. The van der Waals surface area contributed by atoms with Gasteiger partial charge in [0.2, 0.25) is 5.91 Å². The highest BCUT2D eigenvalue weighted by Gasteiger charge is 2.20. The number of amides is 1. The Hall–Kier alpha value is -1.14. The number of carbonyl (C=O) groups excluding carboxylic acids is 2. The summed E-state index contributed by atoms with van der Waals surface area (Å²) < 4.78 is 5.45. The van der Waals surface area contributed by atoms with Crippen LogP contribution in [0.5, 0.6) is 0 Å². The highest BCUT2D eigenvalue weighted by Crippen LogP contribution is 2.17. The minimum Gasteiger partial charge on any atom is -0.466 e. The number of ether oxygens (including phenoxy) is 1. The predicted octanol–water partition coefficient (Wildman–Crippen LogP) is 15.2. The van der Waals surface area contributed by atoms with Crippen molar-refractivity contribution in [2.45, 2.75) is 302 Å². The molecule has 0 spiro atoms. The Bertz CT molecular complexity index is 806. The smallest absolute Gasteiger partial charge is 0.305 e. The third kappa shape index (κ3) is 44.2. The average molecular weight is 808 g/mol. The summed E-state index contributed by atoms with van der Waals surface area (Å²) in [4.78, 5) is 24.4. The summed E-state index contributed by atoms with van der Waals surface area (Å²) in [6.07, 6.45) is 52.1. The van der Waals surface area contributed by atoms with Crippen molar-refractivity contribution in [2.75, 3.05) is 13.2 Å². The van der Waals surface area contributed by atoms with E-state index in [1.54, 1.807) is 0 Å². The van der Waals surface area contributed by atoms with E-state index in [9.17, 15) is 19.8 Å². The van der Waals surface area contributed by atoms with Crippen molar-refractivity contribution in [3.05, 3.63) is 0 Å². The van der Waals surface area contributed by atoms with Crippen LogP contribution in [-0.4, -0.2) is 47.4 Å².